The largest absolute Gasteiger partial charge is 0.486 e. The molecule has 0 aliphatic heterocycles. The number of amides is 1. The monoisotopic (exact) mass is 414 g/mol. The Morgan fingerprint density at radius 2 is 1.86 bits per heavy atom. The number of ether oxygens (including phenoxy) is 1. The van der Waals surface area contributed by atoms with E-state index in [-0.39, 0.29) is 17.4 Å². The molecule has 1 aromatic heterocycles. The van der Waals surface area contributed by atoms with E-state index in [4.69, 9.17) is 9.15 Å². The van der Waals surface area contributed by atoms with E-state index in [1.165, 1.54) is 24.5 Å². The summed E-state index contributed by atoms with van der Waals surface area (Å²) in [5.41, 5.74) is 1.19. The summed E-state index contributed by atoms with van der Waals surface area (Å²) in [4.78, 5) is 12.2. The lowest BCUT2D eigenvalue weighted by atomic mass is 10.2. The van der Waals surface area contributed by atoms with Crippen molar-refractivity contribution < 1.29 is 22.4 Å². The summed E-state index contributed by atoms with van der Waals surface area (Å²) in [7, 11) is -0.511. The van der Waals surface area contributed by atoms with Crippen LogP contribution in [0.5, 0.6) is 5.75 Å². The molecule has 0 saturated heterocycles. The van der Waals surface area contributed by atoms with Crippen LogP contribution in [0.25, 0.3) is 11.0 Å². The van der Waals surface area contributed by atoms with Gasteiger partial charge in [0.05, 0.1) is 4.90 Å². The predicted octanol–water partition coefficient (Wildman–Crippen LogP) is 3.15. The molecule has 1 N–H and O–H groups in total. The van der Waals surface area contributed by atoms with Gasteiger partial charge in [-0.1, -0.05) is 0 Å². The number of fused-ring (bicyclic) bond motifs is 1. The number of furan rings is 1. The molecule has 0 unspecified atom stereocenters. The van der Waals surface area contributed by atoms with E-state index in [2.05, 4.69) is 5.32 Å². The van der Waals surface area contributed by atoms with Gasteiger partial charge in [-0.15, -0.1) is 0 Å². The molecule has 152 valence electrons. The number of rotatable bonds is 7. The van der Waals surface area contributed by atoms with E-state index >= 15 is 0 Å². The highest BCUT2D eigenvalue weighted by molar-refractivity contribution is 7.89. The van der Waals surface area contributed by atoms with Crippen LogP contribution in [0.15, 0.2) is 57.8 Å². The topological polar surface area (TPSA) is 88.8 Å². The molecule has 1 aliphatic rings. The van der Waals surface area contributed by atoms with Crippen LogP contribution in [0.1, 0.15) is 29.0 Å². The lowest BCUT2D eigenvalue weighted by molar-refractivity contribution is 0.0951. The van der Waals surface area contributed by atoms with E-state index in [9.17, 15) is 13.2 Å². The summed E-state index contributed by atoms with van der Waals surface area (Å²) in [6, 6.07) is 13.8. The molecule has 1 heterocycles. The standard InChI is InChI=1S/C21H22N2O5S/c1-23(2)29(25,26)19-9-10-20-15(12-19)11-18(28-20)13-27-17-7-3-14(4-8-17)21(24)22-16-5-6-16/h3-4,7-12,16H,5-6,13H2,1-2H3,(H,22,24). The van der Waals surface area contributed by atoms with Crippen LogP contribution in [0, 0.1) is 0 Å². The molecule has 29 heavy (non-hydrogen) atoms. The second kappa shape index (κ2) is 7.53. The van der Waals surface area contributed by atoms with Gasteiger partial charge in [-0.25, -0.2) is 12.7 Å². The Hall–Kier alpha value is -2.84. The zero-order valence-electron chi connectivity index (χ0n) is 16.2. The Bertz CT molecular complexity index is 1150. The van der Waals surface area contributed by atoms with Crippen LogP contribution in [0.2, 0.25) is 0 Å². The maximum Gasteiger partial charge on any atom is 0.251 e. The molecule has 3 aromatic rings. The maximum atomic E-state index is 12.3. The van der Waals surface area contributed by atoms with E-state index in [1.54, 1.807) is 42.5 Å². The molecule has 7 nitrogen and oxygen atoms in total. The quantitative estimate of drug-likeness (QED) is 0.642. The fourth-order valence-corrected chi connectivity index (χ4v) is 3.81. The number of hydrogen-bond donors (Lipinski definition) is 1. The molecule has 2 aromatic carbocycles. The Morgan fingerprint density at radius 1 is 1.14 bits per heavy atom. The smallest absolute Gasteiger partial charge is 0.251 e. The first kappa shape index (κ1) is 19.5. The molecule has 0 spiro atoms. The van der Waals surface area contributed by atoms with Gasteiger partial charge in [-0.05, 0) is 61.4 Å². The summed E-state index contributed by atoms with van der Waals surface area (Å²) in [6.45, 7) is 0.193. The van der Waals surface area contributed by atoms with Crippen molar-refractivity contribution in [3.8, 4) is 5.75 Å². The van der Waals surface area contributed by atoms with Crippen LogP contribution in [0.4, 0.5) is 0 Å². The van der Waals surface area contributed by atoms with Gasteiger partial charge in [-0.2, -0.15) is 0 Å². The van der Waals surface area contributed by atoms with Gasteiger partial charge >= 0.3 is 0 Å². The Labute approximate surface area is 169 Å². The number of benzene rings is 2. The zero-order valence-corrected chi connectivity index (χ0v) is 17.0. The molecule has 8 heteroatoms. The fraction of sp³-hybridized carbons (Fsp3) is 0.286. The van der Waals surface area contributed by atoms with Crippen LogP contribution >= 0.6 is 0 Å². The molecule has 1 amide bonds. The molecule has 0 radical (unpaired) electrons. The van der Waals surface area contributed by atoms with Crippen molar-refractivity contribution in [2.45, 2.75) is 30.4 Å². The molecule has 0 bridgehead atoms. The highest BCUT2D eigenvalue weighted by atomic mass is 32.2. The van der Waals surface area contributed by atoms with E-state index < -0.39 is 10.0 Å². The van der Waals surface area contributed by atoms with Crippen LogP contribution < -0.4 is 10.1 Å². The van der Waals surface area contributed by atoms with Crippen molar-refractivity contribution in [2.24, 2.45) is 0 Å². The third kappa shape index (κ3) is 4.28. The number of carbonyl (C=O) groups is 1. The van der Waals surface area contributed by atoms with Gasteiger partial charge < -0.3 is 14.5 Å². The first-order valence-corrected chi connectivity index (χ1v) is 10.8. The first-order chi connectivity index (χ1) is 13.8. The zero-order chi connectivity index (χ0) is 20.6. The molecular weight excluding hydrogens is 392 g/mol. The SMILES string of the molecule is CN(C)S(=O)(=O)c1ccc2oc(COc3ccc(C(=O)NC4CC4)cc3)cc2c1. The molecule has 1 saturated carbocycles. The average molecular weight is 414 g/mol. The summed E-state index contributed by atoms with van der Waals surface area (Å²) < 4.78 is 37.2. The van der Waals surface area contributed by atoms with Crippen molar-refractivity contribution in [3.63, 3.8) is 0 Å². The molecule has 4 rings (SSSR count). The third-order valence-corrected chi connectivity index (χ3v) is 6.54. The second-order valence-electron chi connectivity index (χ2n) is 7.26. The summed E-state index contributed by atoms with van der Waals surface area (Å²) in [6.07, 6.45) is 2.10. The molecule has 0 atom stereocenters. The number of carbonyl (C=O) groups excluding carboxylic acids is 1. The van der Waals surface area contributed by atoms with E-state index in [0.29, 0.717) is 34.1 Å². The van der Waals surface area contributed by atoms with Crippen molar-refractivity contribution in [1.82, 2.24) is 9.62 Å². The molecular formula is C21H22N2O5S. The fourth-order valence-electron chi connectivity index (χ4n) is 2.87. The number of nitrogens with one attached hydrogen (secondary N) is 1. The van der Waals surface area contributed by atoms with Crippen molar-refractivity contribution >= 4 is 26.9 Å². The van der Waals surface area contributed by atoms with Gasteiger partial charge in [0.2, 0.25) is 10.0 Å². The van der Waals surface area contributed by atoms with Crippen LogP contribution in [-0.4, -0.2) is 38.8 Å². The number of sulfonamides is 1. The summed E-state index contributed by atoms with van der Waals surface area (Å²) in [5.74, 6) is 1.12. The van der Waals surface area contributed by atoms with Gasteiger partial charge in [0.1, 0.15) is 23.7 Å². The van der Waals surface area contributed by atoms with Crippen molar-refractivity contribution in [1.29, 1.82) is 0 Å². The third-order valence-electron chi connectivity index (χ3n) is 4.73. The lowest BCUT2D eigenvalue weighted by Gasteiger charge is -2.10. The van der Waals surface area contributed by atoms with Gasteiger partial charge in [0, 0.05) is 31.1 Å². The number of hydrogen-bond acceptors (Lipinski definition) is 5. The Kier molecular flexibility index (Phi) is 5.06. The molecule has 1 aliphatic carbocycles. The second-order valence-corrected chi connectivity index (χ2v) is 9.41. The summed E-state index contributed by atoms with van der Waals surface area (Å²) in [5, 5.41) is 3.64. The minimum atomic E-state index is -3.50. The van der Waals surface area contributed by atoms with Gasteiger partial charge in [0.15, 0.2) is 0 Å². The minimum Gasteiger partial charge on any atom is -0.486 e. The predicted molar refractivity (Wildman–Crippen MR) is 108 cm³/mol. The lowest BCUT2D eigenvalue weighted by Crippen LogP contribution is -2.25. The maximum absolute atomic E-state index is 12.3. The van der Waals surface area contributed by atoms with Crippen LogP contribution in [-0.2, 0) is 16.6 Å². The van der Waals surface area contributed by atoms with E-state index in [1.807, 2.05) is 0 Å². The minimum absolute atomic E-state index is 0.0696. The Morgan fingerprint density at radius 3 is 2.52 bits per heavy atom. The first-order valence-electron chi connectivity index (χ1n) is 9.32. The highest BCUT2D eigenvalue weighted by Gasteiger charge is 2.23. The number of nitrogens with zero attached hydrogens (tertiary/aromatic N) is 1. The normalized spacial score (nSPS) is 14.3. The van der Waals surface area contributed by atoms with E-state index in [0.717, 1.165) is 12.8 Å². The highest BCUT2D eigenvalue weighted by Crippen LogP contribution is 2.25. The van der Waals surface area contributed by atoms with Crippen molar-refractivity contribution in [3.05, 3.63) is 59.9 Å². The molecule has 1 fully saturated rings. The average Bonchev–Trinajstić information content (AvgIpc) is 3.41. The van der Waals surface area contributed by atoms with Crippen molar-refractivity contribution in [2.75, 3.05) is 14.1 Å². The van der Waals surface area contributed by atoms with Crippen LogP contribution in [0.3, 0.4) is 0 Å². The van der Waals surface area contributed by atoms with Gasteiger partial charge in [-0.3, -0.25) is 4.79 Å². The van der Waals surface area contributed by atoms with Gasteiger partial charge in [0.25, 0.3) is 5.91 Å². The Balaban J connectivity index is 1.43. The summed E-state index contributed by atoms with van der Waals surface area (Å²) >= 11 is 0.